The lowest BCUT2D eigenvalue weighted by atomic mass is 10.0. The van der Waals surface area contributed by atoms with Gasteiger partial charge in [-0.3, -0.25) is 4.79 Å². The van der Waals surface area contributed by atoms with E-state index in [-0.39, 0.29) is 5.91 Å². The van der Waals surface area contributed by atoms with E-state index in [1.165, 1.54) is 0 Å². The number of anilines is 1. The third-order valence-corrected chi connectivity index (χ3v) is 6.37. The number of carbonyl (C=O) groups is 1. The number of carbonyl (C=O) groups excluding carboxylic acids is 1. The molecule has 178 valence electrons. The highest BCUT2D eigenvalue weighted by Gasteiger charge is 2.26. The Morgan fingerprint density at radius 2 is 1.83 bits per heavy atom. The monoisotopic (exact) mass is 468 g/mol. The van der Waals surface area contributed by atoms with E-state index in [2.05, 4.69) is 45.2 Å². The van der Waals surface area contributed by atoms with Crippen LogP contribution in [0.2, 0.25) is 0 Å². The van der Waals surface area contributed by atoms with E-state index in [1.807, 2.05) is 29.3 Å². The predicted octanol–water partition coefficient (Wildman–Crippen LogP) is 4.76. The van der Waals surface area contributed by atoms with Crippen molar-refractivity contribution < 1.29 is 14.3 Å². The minimum absolute atomic E-state index is 0.0831. The standard InChI is InChI=1S/C28H28N4O3/c1-34-24-9-11-27(35-2)25(15-24)28(33)32-13-12-31(18-23-16-29-19-30-23)26-10-8-21(14-22(26)17-32)20-6-4-3-5-7-20/h3-11,14-16,19H,12-13,17-18H2,1-2H3,(H,29,30). The summed E-state index contributed by atoms with van der Waals surface area (Å²) in [5.41, 5.74) is 6.00. The Bertz CT molecular complexity index is 1310. The first-order chi connectivity index (χ1) is 17.2. The molecule has 1 aliphatic rings. The number of hydrogen-bond donors (Lipinski definition) is 1. The third kappa shape index (κ3) is 4.71. The zero-order valence-electron chi connectivity index (χ0n) is 19.9. The Morgan fingerprint density at radius 3 is 2.57 bits per heavy atom. The maximum atomic E-state index is 13.7. The summed E-state index contributed by atoms with van der Waals surface area (Å²) in [5.74, 6) is 1.07. The van der Waals surface area contributed by atoms with E-state index in [1.54, 1.807) is 38.7 Å². The zero-order chi connectivity index (χ0) is 24.2. The molecule has 1 amide bonds. The van der Waals surface area contributed by atoms with Gasteiger partial charge in [0.2, 0.25) is 0 Å². The van der Waals surface area contributed by atoms with E-state index < -0.39 is 0 Å². The molecule has 0 atom stereocenters. The Hall–Kier alpha value is -4.26. The highest BCUT2D eigenvalue weighted by Crippen LogP contribution is 2.33. The van der Waals surface area contributed by atoms with Gasteiger partial charge in [-0.2, -0.15) is 0 Å². The minimum atomic E-state index is -0.0831. The van der Waals surface area contributed by atoms with Gasteiger partial charge in [-0.1, -0.05) is 36.4 Å². The van der Waals surface area contributed by atoms with Gasteiger partial charge in [0.05, 0.1) is 38.3 Å². The van der Waals surface area contributed by atoms with Crippen molar-refractivity contribution in [1.29, 1.82) is 0 Å². The highest BCUT2D eigenvalue weighted by molar-refractivity contribution is 5.97. The SMILES string of the molecule is COc1ccc(OC)c(C(=O)N2CCN(Cc3cnc[nH]3)c3ccc(-c4ccccc4)cc3C2)c1. The van der Waals surface area contributed by atoms with E-state index in [0.29, 0.717) is 43.2 Å². The van der Waals surface area contributed by atoms with Crippen molar-refractivity contribution >= 4 is 11.6 Å². The van der Waals surface area contributed by atoms with Gasteiger partial charge in [-0.15, -0.1) is 0 Å². The molecule has 3 aromatic carbocycles. The van der Waals surface area contributed by atoms with Gasteiger partial charge in [-0.05, 0) is 47.0 Å². The van der Waals surface area contributed by atoms with Crippen LogP contribution in [0.25, 0.3) is 11.1 Å². The van der Waals surface area contributed by atoms with Gasteiger partial charge in [0.1, 0.15) is 11.5 Å². The summed E-state index contributed by atoms with van der Waals surface area (Å²) >= 11 is 0. The summed E-state index contributed by atoms with van der Waals surface area (Å²) < 4.78 is 10.9. The second kappa shape index (κ2) is 9.93. The van der Waals surface area contributed by atoms with Crippen molar-refractivity contribution in [3.05, 3.63) is 96.1 Å². The molecular formula is C28H28N4O3. The van der Waals surface area contributed by atoms with Crippen LogP contribution in [0, 0.1) is 0 Å². The quantitative estimate of drug-likeness (QED) is 0.442. The lowest BCUT2D eigenvalue weighted by Crippen LogP contribution is -2.35. The fourth-order valence-electron chi connectivity index (χ4n) is 4.54. The molecule has 0 saturated heterocycles. The van der Waals surface area contributed by atoms with Gasteiger partial charge in [0.15, 0.2) is 0 Å². The first-order valence-corrected chi connectivity index (χ1v) is 11.6. The largest absolute Gasteiger partial charge is 0.497 e. The van der Waals surface area contributed by atoms with Crippen LogP contribution < -0.4 is 14.4 Å². The van der Waals surface area contributed by atoms with Crippen molar-refractivity contribution in [1.82, 2.24) is 14.9 Å². The van der Waals surface area contributed by atoms with Crippen molar-refractivity contribution in [3.63, 3.8) is 0 Å². The van der Waals surface area contributed by atoms with Crippen LogP contribution in [0.15, 0.2) is 79.3 Å². The number of H-pyrrole nitrogens is 1. The van der Waals surface area contributed by atoms with Gasteiger partial charge in [0.25, 0.3) is 5.91 Å². The number of imidazole rings is 1. The summed E-state index contributed by atoms with van der Waals surface area (Å²) in [6, 6.07) is 22.1. The molecule has 0 saturated carbocycles. The van der Waals surface area contributed by atoms with Crippen LogP contribution in [0.4, 0.5) is 5.69 Å². The Morgan fingerprint density at radius 1 is 0.971 bits per heavy atom. The molecule has 2 heterocycles. The number of amides is 1. The lowest BCUT2D eigenvalue weighted by molar-refractivity contribution is 0.0747. The van der Waals surface area contributed by atoms with E-state index in [4.69, 9.17) is 9.47 Å². The summed E-state index contributed by atoms with van der Waals surface area (Å²) in [4.78, 5) is 25.3. The number of methoxy groups -OCH3 is 2. The topological polar surface area (TPSA) is 70.7 Å². The number of fused-ring (bicyclic) bond motifs is 1. The van der Waals surface area contributed by atoms with Crippen molar-refractivity contribution in [2.24, 2.45) is 0 Å². The molecule has 35 heavy (non-hydrogen) atoms. The Kier molecular flexibility index (Phi) is 6.39. The molecule has 0 bridgehead atoms. The molecule has 0 radical (unpaired) electrons. The van der Waals surface area contributed by atoms with Gasteiger partial charge >= 0.3 is 0 Å². The van der Waals surface area contributed by atoms with E-state index in [9.17, 15) is 4.79 Å². The third-order valence-electron chi connectivity index (χ3n) is 6.37. The van der Waals surface area contributed by atoms with Crippen LogP contribution in [-0.2, 0) is 13.1 Å². The average molecular weight is 469 g/mol. The molecule has 5 rings (SSSR count). The van der Waals surface area contributed by atoms with Gasteiger partial charge < -0.3 is 24.3 Å². The second-order valence-corrected chi connectivity index (χ2v) is 8.50. The molecule has 7 nitrogen and oxygen atoms in total. The van der Waals surface area contributed by atoms with Crippen LogP contribution in [0.1, 0.15) is 21.6 Å². The molecular weight excluding hydrogens is 440 g/mol. The van der Waals surface area contributed by atoms with Crippen LogP contribution in [0.5, 0.6) is 11.5 Å². The fraction of sp³-hybridized carbons (Fsp3) is 0.214. The van der Waals surface area contributed by atoms with Gasteiger partial charge in [-0.25, -0.2) is 4.98 Å². The molecule has 0 fully saturated rings. The number of aromatic amines is 1. The average Bonchev–Trinajstić information content (AvgIpc) is 3.36. The number of aromatic nitrogens is 2. The maximum absolute atomic E-state index is 13.7. The molecule has 4 aromatic rings. The molecule has 1 aliphatic heterocycles. The molecule has 0 unspecified atom stereocenters. The minimum Gasteiger partial charge on any atom is -0.497 e. The first-order valence-electron chi connectivity index (χ1n) is 11.6. The normalized spacial score (nSPS) is 13.2. The van der Waals surface area contributed by atoms with E-state index in [0.717, 1.165) is 28.1 Å². The van der Waals surface area contributed by atoms with Crippen LogP contribution in [-0.4, -0.2) is 48.1 Å². The molecule has 7 heteroatoms. The lowest BCUT2D eigenvalue weighted by Gasteiger charge is -2.24. The van der Waals surface area contributed by atoms with Gasteiger partial charge in [0, 0.05) is 31.5 Å². The van der Waals surface area contributed by atoms with Crippen molar-refractivity contribution in [2.45, 2.75) is 13.1 Å². The molecule has 0 aliphatic carbocycles. The summed E-state index contributed by atoms with van der Waals surface area (Å²) in [7, 11) is 3.17. The van der Waals surface area contributed by atoms with Crippen molar-refractivity contribution in [2.75, 3.05) is 32.2 Å². The molecule has 1 N–H and O–H groups in total. The fourth-order valence-corrected chi connectivity index (χ4v) is 4.54. The van der Waals surface area contributed by atoms with Crippen molar-refractivity contribution in [3.8, 4) is 22.6 Å². The maximum Gasteiger partial charge on any atom is 0.258 e. The Labute approximate surface area is 204 Å². The smallest absolute Gasteiger partial charge is 0.258 e. The molecule has 1 aromatic heterocycles. The Balaban J connectivity index is 1.52. The number of benzene rings is 3. The van der Waals surface area contributed by atoms with Crippen LogP contribution in [0.3, 0.4) is 0 Å². The number of nitrogens with one attached hydrogen (secondary N) is 1. The predicted molar refractivity (Wildman–Crippen MR) is 136 cm³/mol. The number of nitrogens with zero attached hydrogens (tertiary/aromatic N) is 3. The van der Waals surface area contributed by atoms with E-state index >= 15 is 0 Å². The number of hydrogen-bond acceptors (Lipinski definition) is 5. The second-order valence-electron chi connectivity index (χ2n) is 8.50. The summed E-state index contributed by atoms with van der Waals surface area (Å²) in [6.07, 6.45) is 3.53. The number of ether oxygens (including phenoxy) is 2. The number of rotatable bonds is 6. The molecule has 0 spiro atoms. The highest BCUT2D eigenvalue weighted by atomic mass is 16.5. The summed E-state index contributed by atoms with van der Waals surface area (Å²) in [5, 5.41) is 0. The van der Waals surface area contributed by atoms with Crippen LogP contribution >= 0.6 is 0 Å². The first kappa shape index (κ1) is 22.5. The zero-order valence-corrected chi connectivity index (χ0v) is 19.9. The summed E-state index contributed by atoms with van der Waals surface area (Å²) in [6.45, 7) is 2.44.